The van der Waals surface area contributed by atoms with Crippen molar-refractivity contribution >= 4 is 32.6 Å². The fraction of sp³-hybridized carbons (Fsp3) is 0.474. The number of nitrogens with zero attached hydrogens (tertiary/aromatic N) is 8. The number of aryl methyl sites for hydroxylation is 4. The second-order valence-electron chi connectivity index (χ2n) is 15.1. The third-order valence-electron chi connectivity index (χ3n) is 10.9. The Balaban J connectivity index is 1.27. The number of anilines is 2. The lowest BCUT2D eigenvalue weighted by atomic mass is 9.81. The van der Waals surface area contributed by atoms with Crippen LogP contribution in [0.4, 0.5) is 11.6 Å². The summed E-state index contributed by atoms with van der Waals surface area (Å²) in [6.07, 6.45) is 4.24. The maximum Gasteiger partial charge on any atom is 0.283 e. The summed E-state index contributed by atoms with van der Waals surface area (Å²) in [6, 6.07) is 13.0. The molecule has 5 aromatic rings. The number of hydrogen-bond donors (Lipinski definition) is 0. The molecule has 2 aromatic carbocycles. The monoisotopic (exact) mass is 694 g/mol. The predicted octanol–water partition coefficient (Wildman–Crippen LogP) is 6.08. The Kier molecular flexibility index (Phi) is 7.83. The van der Waals surface area contributed by atoms with Crippen LogP contribution in [0.25, 0.3) is 22.3 Å². The zero-order valence-electron chi connectivity index (χ0n) is 30.1. The van der Waals surface area contributed by atoms with E-state index in [4.69, 9.17) is 19.8 Å². The molecule has 0 N–H and O–H groups in total. The first-order valence-corrected chi connectivity index (χ1v) is 19.1. The van der Waals surface area contributed by atoms with Gasteiger partial charge in [0.15, 0.2) is 5.82 Å². The molecule has 11 nitrogen and oxygen atoms in total. The molecule has 5 heterocycles. The highest BCUT2D eigenvalue weighted by Crippen LogP contribution is 2.42. The van der Waals surface area contributed by atoms with Crippen LogP contribution in [0, 0.1) is 26.2 Å². The minimum absolute atomic E-state index is 0.0848. The number of benzene rings is 2. The van der Waals surface area contributed by atoms with Gasteiger partial charge in [-0.2, -0.15) is 22.7 Å². The Bertz CT molecular complexity index is 2230. The zero-order valence-corrected chi connectivity index (χ0v) is 30.9. The lowest BCUT2D eigenvalue weighted by Crippen LogP contribution is -2.50. The maximum absolute atomic E-state index is 13.9. The molecule has 1 atom stereocenters. The first-order chi connectivity index (χ1) is 23.9. The van der Waals surface area contributed by atoms with E-state index in [0.717, 1.165) is 77.4 Å². The average Bonchev–Trinajstić information content (AvgIpc) is 3.78. The number of piperidine rings is 1. The highest BCUT2D eigenvalue weighted by molar-refractivity contribution is 7.90. The van der Waals surface area contributed by atoms with E-state index in [9.17, 15) is 8.42 Å². The summed E-state index contributed by atoms with van der Waals surface area (Å²) in [5.41, 5.74) is 7.19. The summed E-state index contributed by atoms with van der Waals surface area (Å²) in [6.45, 7) is 13.5. The van der Waals surface area contributed by atoms with Crippen LogP contribution >= 0.6 is 0 Å². The van der Waals surface area contributed by atoms with Crippen molar-refractivity contribution < 1.29 is 13.2 Å². The van der Waals surface area contributed by atoms with Crippen LogP contribution in [0.15, 0.2) is 47.4 Å². The highest BCUT2D eigenvalue weighted by atomic mass is 32.2. The van der Waals surface area contributed by atoms with Crippen LogP contribution in [-0.4, -0.2) is 70.2 Å². The maximum atomic E-state index is 13.9. The van der Waals surface area contributed by atoms with Gasteiger partial charge in [-0.1, -0.05) is 37.6 Å². The van der Waals surface area contributed by atoms with E-state index in [-0.39, 0.29) is 16.4 Å². The predicted molar refractivity (Wildman–Crippen MR) is 195 cm³/mol. The van der Waals surface area contributed by atoms with Crippen molar-refractivity contribution in [1.29, 1.82) is 0 Å². The Morgan fingerprint density at radius 3 is 2.38 bits per heavy atom. The van der Waals surface area contributed by atoms with E-state index in [0.29, 0.717) is 29.5 Å². The van der Waals surface area contributed by atoms with Crippen molar-refractivity contribution in [1.82, 2.24) is 28.9 Å². The fourth-order valence-electron chi connectivity index (χ4n) is 8.02. The summed E-state index contributed by atoms with van der Waals surface area (Å²) in [5.74, 6) is 3.26. The van der Waals surface area contributed by atoms with Gasteiger partial charge in [-0.05, 0) is 63.8 Å². The summed E-state index contributed by atoms with van der Waals surface area (Å²) >= 11 is 0. The van der Waals surface area contributed by atoms with Gasteiger partial charge in [0.25, 0.3) is 10.0 Å². The van der Waals surface area contributed by atoms with Crippen molar-refractivity contribution in [3.05, 3.63) is 76.2 Å². The van der Waals surface area contributed by atoms with Crippen LogP contribution in [0.1, 0.15) is 72.8 Å². The molecular formula is C38H46N8O3S. The van der Waals surface area contributed by atoms with Crippen LogP contribution in [0.2, 0.25) is 0 Å². The molecule has 8 rings (SSSR count). The standard InChI is InChI=1S/C38H46N8O3S/c1-23-8-13-27(14-9-23)50(47,48)46-31-15-10-24(2)34(35(31)25(3)41-46)36-39-29-16-18-44(33-20-30(26-11-12-26)42-43(33)6)21-28(29)37(40-36)45-19-17-32(49-7)38(4,5)22-45/h8-10,13-15,20,26,32H,11-12,16-19,21-22H2,1-7H3. The summed E-state index contributed by atoms with van der Waals surface area (Å²) in [4.78, 5) is 15.7. The van der Waals surface area contributed by atoms with E-state index in [2.05, 4.69) is 34.8 Å². The van der Waals surface area contributed by atoms with E-state index >= 15 is 0 Å². The topological polar surface area (TPSA) is 111 Å². The SMILES string of the molecule is COC1CCN(c2nc(-c3c(C)ccc4c3c(C)nn4S(=O)(=O)c3ccc(C)cc3)nc3c2CN(c2cc(C4CC4)nn2C)CC3)CC1(C)C. The van der Waals surface area contributed by atoms with Crippen molar-refractivity contribution in [3.63, 3.8) is 0 Å². The van der Waals surface area contributed by atoms with Gasteiger partial charge in [0, 0.05) is 80.7 Å². The average molecular weight is 695 g/mol. The molecule has 1 aliphatic carbocycles. The molecule has 2 fully saturated rings. The molecule has 0 spiro atoms. The lowest BCUT2D eigenvalue weighted by molar-refractivity contribution is -0.00647. The Morgan fingerprint density at radius 1 is 0.920 bits per heavy atom. The Labute approximate surface area is 294 Å². The zero-order chi connectivity index (χ0) is 35.1. The quantitative estimate of drug-likeness (QED) is 0.200. The van der Waals surface area contributed by atoms with Crippen molar-refractivity contribution in [2.75, 3.05) is 36.5 Å². The van der Waals surface area contributed by atoms with Crippen molar-refractivity contribution in [2.45, 2.75) is 83.8 Å². The number of methoxy groups -OCH3 is 1. The molecule has 1 saturated carbocycles. The number of ether oxygens (including phenoxy) is 1. The molecule has 0 bridgehead atoms. The molecule has 12 heteroatoms. The first kappa shape index (κ1) is 32.9. The fourth-order valence-corrected chi connectivity index (χ4v) is 9.34. The molecule has 3 aromatic heterocycles. The van der Waals surface area contributed by atoms with Gasteiger partial charge in [0.2, 0.25) is 0 Å². The second-order valence-corrected chi connectivity index (χ2v) is 16.9. The van der Waals surface area contributed by atoms with Gasteiger partial charge in [0.1, 0.15) is 11.6 Å². The van der Waals surface area contributed by atoms with Crippen LogP contribution in [0.3, 0.4) is 0 Å². The summed E-state index contributed by atoms with van der Waals surface area (Å²) in [7, 11) is -0.0908. The number of rotatable bonds is 7. The minimum Gasteiger partial charge on any atom is -0.381 e. The highest BCUT2D eigenvalue weighted by Gasteiger charge is 2.39. The molecule has 2 aliphatic heterocycles. The van der Waals surface area contributed by atoms with Crippen LogP contribution in [0.5, 0.6) is 0 Å². The van der Waals surface area contributed by atoms with Gasteiger partial charge < -0.3 is 14.5 Å². The number of hydrogen-bond acceptors (Lipinski definition) is 9. The van der Waals surface area contributed by atoms with Gasteiger partial charge in [0.05, 0.1) is 33.6 Å². The number of aromatic nitrogens is 6. The smallest absolute Gasteiger partial charge is 0.283 e. The molecular weight excluding hydrogens is 649 g/mol. The lowest BCUT2D eigenvalue weighted by Gasteiger charge is -2.45. The van der Waals surface area contributed by atoms with E-state index in [1.54, 1.807) is 19.2 Å². The second kappa shape index (κ2) is 11.9. The van der Waals surface area contributed by atoms with Gasteiger partial charge in [-0.15, -0.1) is 0 Å². The molecule has 1 unspecified atom stereocenters. The molecule has 3 aliphatic rings. The van der Waals surface area contributed by atoms with E-state index < -0.39 is 10.0 Å². The molecule has 262 valence electrons. The normalized spacial score (nSPS) is 19.3. The Morgan fingerprint density at radius 2 is 1.68 bits per heavy atom. The van der Waals surface area contributed by atoms with Crippen LogP contribution < -0.4 is 9.80 Å². The molecule has 1 saturated heterocycles. The molecule has 0 amide bonds. The molecule has 50 heavy (non-hydrogen) atoms. The van der Waals surface area contributed by atoms with Gasteiger partial charge >= 0.3 is 0 Å². The van der Waals surface area contributed by atoms with Crippen molar-refractivity contribution in [2.24, 2.45) is 12.5 Å². The molecule has 0 radical (unpaired) electrons. The number of fused-ring (bicyclic) bond motifs is 2. The van der Waals surface area contributed by atoms with E-state index in [1.807, 2.05) is 56.8 Å². The van der Waals surface area contributed by atoms with Crippen LogP contribution in [-0.2, 0) is 34.8 Å². The largest absolute Gasteiger partial charge is 0.381 e. The van der Waals surface area contributed by atoms with Gasteiger partial charge in [-0.25, -0.2) is 9.97 Å². The van der Waals surface area contributed by atoms with Crippen molar-refractivity contribution in [3.8, 4) is 11.4 Å². The summed E-state index contributed by atoms with van der Waals surface area (Å²) < 4.78 is 37.0. The van der Waals surface area contributed by atoms with Gasteiger partial charge in [-0.3, -0.25) is 4.68 Å². The third kappa shape index (κ3) is 5.47. The third-order valence-corrected chi connectivity index (χ3v) is 12.5. The Hall–Kier alpha value is -4.29. The minimum atomic E-state index is -3.94. The summed E-state index contributed by atoms with van der Waals surface area (Å²) in [5, 5.41) is 10.2. The first-order valence-electron chi connectivity index (χ1n) is 17.6. The van der Waals surface area contributed by atoms with E-state index in [1.165, 1.54) is 22.6 Å².